The number of hydrogen-bond acceptors (Lipinski definition) is 4. The Morgan fingerprint density at radius 3 is 2.72 bits per heavy atom. The predicted octanol–water partition coefficient (Wildman–Crippen LogP) is -1.24. The van der Waals surface area contributed by atoms with Gasteiger partial charge in [0.1, 0.15) is 0 Å². The van der Waals surface area contributed by atoms with E-state index in [-0.39, 0.29) is 11.4 Å². The smallest absolute Gasteiger partial charge is 0.241 e. The highest BCUT2D eigenvalue weighted by Crippen LogP contribution is 2.10. The van der Waals surface area contributed by atoms with Crippen molar-refractivity contribution in [1.29, 1.82) is 0 Å². The highest BCUT2D eigenvalue weighted by Gasteiger charge is 2.14. The van der Waals surface area contributed by atoms with Gasteiger partial charge in [-0.2, -0.15) is 0 Å². The molecule has 0 heterocycles. The maximum atomic E-state index is 11.8. The fourth-order valence-corrected chi connectivity index (χ4v) is 2.18. The van der Waals surface area contributed by atoms with E-state index < -0.39 is 22.5 Å². The monoisotopic (exact) mass is 267 g/mol. The van der Waals surface area contributed by atoms with Crippen LogP contribution in [0, 0.1) is 11.8 Å². The van der Waals surface area contributed by atoms with Crippen molar-refractivity contribution in [3.05, 3.63) is 29.8 Å². The lowest BCUT2D eigenvalue weighted by atomic mass is 10.2. The van der Waals surface area contributed by atoms with Crippen molar-refractivity contribution in [1.82, 2.24) is 4.72 Å². The molecule has 0 aliphatic rings. The fraction of sp³-hybridized carbons (Fsp3) is 0.182. The van der Waals surface area contributed by atoms with Crippen LogP contribution < -0.4 is 16.2 Å². The van der Waals surface area contributed by atoms with Crippen LogP contribution in [0.3, 0.4) is 0 Å². The van der Waals surface area contributed by atoms with Gasteiger partial charge in [0.25, 0.3) is 0 Å². The van der Waals surface area contributed by atoms with Crippen LogP contribution >= 0.6 is 0 Å². The topological polar surface area (TPSA) is 115 Å². The summed E-state index contributed by atoms with van der Waals surface area (Å²) in [5.41, 5.74) is 10.6. The summed E-state index contributed by atoms with van der Waals surface area (Å²) in [7, 11) is -3.75. The standard InChI is InChI=1S/C11H13N3O3S/c12-6-2-4-9-3-1-5-10(7-9)18(16,17)14-8-11(13)15/h1,3,5,7,14H,6,8,12H2,(H2,13,15). The molecule has 0 saturated carbocycles. The molecule has 96 valence electrons. The number of primary amides is 1. The molecule has 5 N–H and O–H groups in total. The molecule has 1 aromatic carbocycles. The Hall–Kier alpha value is -1.88. The quantitative estimate of drug-likeness (QED) is 0.592. The Morgan fingerprint density at radius 2 is 2.11 bits per heavy atom. The highest BCUT2D eigenvalue weighted by molar-refractivity contribution is 7.89. The summed E-state index contributed by atoms with van der Waals surface area (Å²) >= 11 is 0. The summed E-state index contributed by atoms with van der Waals surface area (Å²) in [6.07, 6.45) is 0. The van der Waals surface area contributed by atoms with E-state index in [1.165, 1.54) is 12.1 Å². The van der Waals surface area contributed by atoms with Crippen molar-refractivity contribution < 1.29 is 13.2 Å². The minimum Gasteiger partial charge on any atom is -0.369 e. The molecule has 1 aromatic rings. The lowest BCUT2D eigenvalue weighted by Gasteiger charge is -2.05. The first-order valence-electron chi connectivity index (χ1n) is 5.02. The SMILES string of the molecule is NCC#Cc1cccc(S(=O)(=O)NCC(N)=O)c1. The first-order valence-corrected chi connectivity index (χ1v) is 6.51. The summed E-state index contributed by atoms with van der Waals surface area (Å²) in [6.45, 7) is -0.252. The molecule has 0 fully saturated rings. The van der Waals surface area contributed by atoms with Crippen molar-refractivity contribution in [3.63, 3.8) is 0 Å². The van der Waals surface area contributed by atoms with E-state index in [1.54, 1.807) is 12.1 Å². The maximum absolute atomic E-state index is 11.8. The molecule has 1 amide bonds. The van der Waals surface area contributed by atoms with Gasteiger partial charge < -0.3 is 11.5 Å². The molecular formula is C11H13N3O3S. The average molecular weight is 267 g/mol. The summed E-state index contributed by atoms with van der Waals surface area (Å²) < 4.78 is 25.6. The first kappa shape index (κ1) is 14.2. The number of hydrogen-bond donors (Lipinski definition) is 3. The molecule has 0 bridgehead atoms. The van der Waals surface area contributed by atoms with Crippen LogP contribution in [0.5, 0.6) is 0 Å². The van der Waals surface area contributed by atoms with E-state index in [2.05, 4.69) is 16.6 Å². The van der Waals surface area contributed by atoms with Gasteiger partial charge in [0.2, 0.25) is 15.9 Å². The second-order valence-corrected chi connectivity index (χ2v) is 5.09. The van der Waals surface area contributed by atoms with Gasteiger partial charge in [-0.1, -0.05) is 17.9 Å². The van der Waals surface area contributed by atoms with Crippen molar-refractivity contribution in [3.8, 4) is 11.8 Å². The van der Waals surface area contributed by atoms with Gasteiger partial charge in [-0.25, -0.2) is 13.1 Å². The molecule has 18 heavy (non-hydrogen) atoms. The van der Waals surface area contributed by atoms with E-state index in [0.717, 1.165) is 0 Å². The second-order valence-electron chi connectivity index (χ2n) is 3.32. The van der Waals surface area contributed by atoms with Crippen molar-refractivity contribution >= 4 is 15.9 Å². The molecule has 0 aliphatic heterocycles. The Bertz CT molecular complexity index is 599. The maximum Gasteiger partial charge on any atom is 0.241 e. The minimum atomic E-state index is -3.75. The lowest BCUT2D eigenvalue weighted by molar-refractivity contribution is -0.116. The predicted molar refractivity (Wildman–Crippen MR) is 66.8 cm³/mol. The minimum absolute atomic E-state index is 0.0209. The van der Waals surface area contributed by atoms with Gasteiger partial charge in [-0.05, 0) is 18.2 Å². The van der Waals surface area contributed by atoms with E-state index in [0.29, 0.717) is 5.56 Å². The van der Waals surface area contributed by atoms with E-state index >= 15 is 0 Å². The van der Waals surface area contributed by atoms with E-state index in [4.69, 9.17) is 11.5 Å². The molecule has 6 nitrogen and oxygen atoms in total. The van der Waals surface area contributed by atoms with Gasteiger partial charge in [0.05, 0.1) is 18.0 Å². The number of carbonyl (C=O) groups excluding carboxylic acids is 1. The van der Waals surface area contributed by atoms with Gasteiger partial charge in [0.15, 0.2) is 0 Å². The van der Waals surface area contributed by atoms with Gasteiger partial charge in [-0.15, -0.1) is 0 Å². The third kappa shape index (κ3) is 4.18. The number of amides is 1. The molecule has 7 heteroatoms. The van der Waals surface area contributed by atoms with Crippen LogP contribution in [-0.2, 0) is 14.8 Å². The molecule has 0 spiro atoms. The van der Waals surface area contributed by atoms with Crippen LogP contribution in [0.4, 0.5) is 0 Å². The normalized spacial score (nSPS) is 10.5. The van der Waals surface area contributed by atoms with Crippen LogP contribution in [0.15, 0.2) is 29.2 Å². The zero-order valence-electron chi connectivity index (χ0n) is 9.51. The van der Waals surface area contributed by atoms with E-state index in [1.807, 2.05) is 0 Å². The third-order valence-electron chi connectivity index (χ3n) is 1.92. The van der Waals surface area contributed by atoms with Crippen molar-refractivity contribution in [2.24, 2.45) is 11.5 Å². The summed E-state index contributed by atoms with van der Waals surface area (Å²) in [6, 6.07) is 6.01. The largest absolute Gasteiger partial charge is 0.369 e. The van der Waals surface area contributed by atoms with Gasteiger partial charge >= 0.3 is 0 Å². The third-order valence-corrected chi connectivity index (χ3v) is 3.31. The number of carbonyl (C=O) groups is 1. The number of sulfonamides is 1. The molecular weight excluding hydrogens is 254 g/mol. The van der Waals surface area contributed by atoms with Crippen LogP contribution in [0.2, 0.25) is 0 Å². The molecule has 0 aromatic heterocycles. The lowest BCUT2D eigenvalue weighted by Crippen LogP contribution is -2.33. The zero-order chi connectivity index (χ0) is 13.6. The fourth-order valence-electron chi connectivity index (χ4n) is 1.14. The number of benzene rings is 1. The van der Waals surface area contributed by atoms with Crippen molar-refractivity contribution in [2.75, 3.05) is 13.1 Å². The van der Waals surface area contributed by atoms with Crippen LogP contribution in [0.1, 0.15) is 5.56 Å². The summed E-state index contributed by atoms with van der Waals surface area (Å²) in [4.78, 5) is 10.6. The zero-order valence-corrected chi connectivity index (χ0v) is 10.3. The van der Waals surface area contributed by atoms with Crippen LogP contribution in [-0.4, -0.2) is 27.4 Å². The number of nitrogens with two attached hydrogens (primary N) is 2. The van der Waals surface area contributed by atoms with E-state index in [9.17, 15) is 13.2 Å². The Labute approximate surface area is 105 Å². The molecule has 0 unspecified atom stereocenters. The number of nitrogens with one attached hydrogen (secondary N) is 1. The molecule has 0 atom stereocenters. The molecule has 0 radical (unpaired) electrons. The van der Waals surface area contributed by atoms with Crippen molar-refractivity contribution in [2.45, 2.75) is 4.90 Å². The van der Waals surface area contributed by atoms with Gasteiger partial charge in [-0.3, -0.25) is 4.79 Å². The summed E-state index contributed by atoms with van der Waals surface area (Å²) in [5, 5.41) is 0. The summed E-state index contributed by atoms with van der Waals surface area (Å²) in [5.74, 6) is 4.59. The van der Waals surface area contributed by atoms with Gasteiger partial charge in [0, 0.05) is 5.56 Å². The molecule has 1 rings (SSSR count). The Kier molecular flexibility index (Phi) is 4.85. The second kappa shape index (κ2) is 6.16. The van der Waals surface area contributed by atoms with Crippen LogP contribution in [0.25, 0.3) is 0 Å². The Morgan fingerprint density at radius 1 is 1.39 bits per heavy atom. The molecule has 0 aliphatic carbocycles. The molecule has 0 saturated heterocycles. The Balaban J connectivity index is 2.98. The average Bonchev–Trinajstić information content (AvgIpc) is 2.34. The number of rotatable bonds is 4. The first-order chi connectivity index (χ1) is 8.45. The highest BCUT2D eigenvalue weighted by atomic mass is 32.2.